The number of carbonyl (C=O) groups is 2. The van der Waals surface area contributed by atoms with Crippen LogP contribution in [0.1, 0.15) is 36.7 Å². The number of aliphatic hydroxyl groups excluding tert-OH is 1. The van der Waals surface area contributed by atoms with E-state index < -0.39 is 18.1 Å². The van der Waals surface area contributed by atoms with Crippen molar-refractivity contribution in [3.63, 3.8) is 0 Å². The van der Waals surface area contributed by atoms with Crippen molar-refractivity contribution in [1.29, 1.82) is 0 Å². The molecule has 2 fully saturated rings. The van der Waals surface area contributed by atoms with Crippen LogP contribution in [-0.4, -0.2) is 58.7 Å². The molecule has 10 heteroatoms. The fraction of sp³-hybridized carbons (Fsp3) is 0.385. The number of aliphatic hydroxyl groups is 1. The number of anilines is 4. The smallest absolute Gasteiger partial charge is 0.276 e. The molecule has 0 radical (unpaired) electrons. The second-order valence-corrected chi connectivity index (χ2v) is 9.69. The first-order chi connectivity index (χ1) is 17.3. The molecule has 10 nitrogen and oxygen atoms in total. The lowest BCUT2D eigenvalue weighted by molar-refractivity contribution is -0.119. The minimum absolute atomic E-state index is 0.0238. The number of benzene rings is 1. The predicted molar refractivity (Wildman–Crippen MR) is 140 cm³/mol. The average molecular weight is 490 g/mol. The summed E-state index contributed by atoms with van der Waals surface area (Å²) in [5.41, 5.74) is 15.3. The Morgan fingerprint density at radius 3 is 2.81 bits per heavy atom. The number of nitrogens with two attached hydrogens (primary N) is 2. The molecule has 188 valence electrons. The van der Waals surface area contributed by atoms with Crippen LogP contribution in [0.4, 0.5) is 22.7 Å². The maximum absolute atomic E-state index is 13.3. The van der Waals surface area contributed by atoms with E-state index in [1.807, 2.05) is 36.1 Å². The molecule has 1 aromatic carbocycles. The number of aromatic nitrogens is 2. The summed E-state index contributed by atoms with van der Waals surface area (Å²) in [6, 6.07) is 8.71. The van der Waals surface area contributed by atoms with Gasteiger partial charge in [-0.3, -0.25) is 14.6 Å². The summed E-state index contributed by atoms with van der Waals surface area (Å²) in [7, 11) is 0. The first-order valence-electron chi connectivity index (χ1n) is 12.3. The van der Waals surface area contributed by atoms with Crippen molar-refractivity contribution < 1.29 is 14.7 Å². The zero-order chi connectivity index (χ0) is 25.4. The van der Waals surface area contributed by atoms with Gasteiger partial charge in [-0.1, -0.05) is 13.0 Å². The molecule has 2 aliphatic heterocycles. The minimum Gasteiger partial charge on any atom is -0.397 e. The number of nitrogen functional groups attached to an aromatic ring is 1. The molecule has 2 amide bonds. The maximum atomic E-state index is 13.3. The average Bonchev–Trinajstić information content (AvgIpc) is 2.87. The van der Waals surface area contributed by atoms with Gasteiger partial charge in [0.15, 0.2) is 5.69 Å². The standard InChI is InChI=1S/C26H31N7O3/c1-15-13-32(14-19(28)25(15)35)22-7-8-29-12-21(22)31-26(36)24-18(27)10-16-5-6-17(11-20(16)30-24)33-9-3-2-4-23(33)34/h5-8,10-12,15,19,25,35H,2-4,9,13-14,27-28H2,1H3,(H,31,36)/t15-,19+,25+/m0/s1. The van der Waals surface area contributed by atoms with E-state index in [2.05, 4.69) is 15.3 Å². The van der Waals surface area contributed by atoms with Gasteiger partial charge in [-0.05, 0) is 37.1 Å². The Morgan fingerprint density at radius 1 is 1.19 bits per heavy atom. The lowest BCUT2D eigenvalue weighted by Crippen LogP contribution is -2.55. The monoisotopic (exact) mass is 489 g/mol. The van der Waals surface area contributed by atoms with Gasteiger partial charge in [0.25, 0.3) is 5.91 Å². The molecule has 2 saturated heterocycles. The Morgan fingerprint density at radius 2 is 2.03 bits per heavy atom. The van der Waals surface area contributed by atoms with Crippen molar-refractivity contribution >= 4 is 45.5 Å². The summed E-state index contributed by atoms with van der Waals surface area (Å²) < 4.78 is 0. The zero-order valence-electron chi connectivity index (χ0n) is 20.2. The molecular formula is C26H31N7O3. The Balaban J connectivity index is 1.42. The molecule has 0 aliphatic carbocycles. The van der Waals surface area contributed by atoms with Crippen LogP contribution in [0.3, 0.4) is 0 Å². The van der Waals surface area contributed by atoms with Gasteiger partial charge in [0.1, 0.15) is 0 Å². The third-order valence-corrected chi connectivity index (χ3v) is 7.03. The third kappa shape index (κ3) is 4.57. The van der Waals surface area contributed by atoms with Crippen molar-refractivity contribution in [2.45, 2.75) is 38.3 Å². The van der Waals surface area contributed by atoms with Crippen LogP contribution in [0.25, 0.3) is 10.9 Å². The Hall–Kier alpha value is -3.76. The van der Waals surface area contributed by atoms with Gasteiger partial charge in [-0.15, -0.1) is 0 Å². The van der Waals surface area contributed by atoms with Crippen molar-refractivity contribution in [3.05, 3.63) is 48.4 Å². The number of piperidine rings is 2. The predicted octanol–water partition coefficient (Wildman–Crippen LogP) is 2.13. The molecule has 3 atom stereocenters. The highest BCUT2D eigenvalue weighted by Gasteiger charge is 2.32. The van der Waals surface area contributed by atoms with E-state index in [1.54, 1.807) is 23.4 Å². The topological polar surface area (TPSA) is 151 Å². The number of fused-ring (bicyclic) bond motifs is 1. The van der Waals surface area contributed by atoms with Crippen LogP contribution < -0.4 is 26.6 Å². The van der Waals surface area contributed by atoms with Crippen LogP contribution in [0.15, 0.2) is 42.7 Å². The second-order valence-electron chi connectivity index (χ2n) is 9.69. The number of hydrogen-bond acceptors (Lipinski definition) is 8. The molecule has 2 aromatic heterocycles. The molecule has 5 rings (SSSR count). The van der Waals surface area contributed by atoms with Crippen molar-refractivity contribution in [1.82, 2.24) is 9.97 Å². The molecule has 0 spiro atoms. The van der Waals surface area contributed by atoms with Crippen LogP contribution >= 0.6 is 0 Å². The molecule has 0 saturated carbocycles. The SMILES string of the molecule is C[C@H]1CN(c2ccncc2NC(=O)c2nc3cc(N4CCCCC4=O)ccc3cc2N)C[C@@H](N)[C@@H]1O. The molecule has 0 bridgehead atoms. The fourth-order valence-corrected chi connectivity index (χ4v) is 5.05. The lowest BCUT2D eigenvalue weighted by Gasteiger charge is -2.40. The van der Waals surface area contributed by atoms with Gasteiger partial charge in [-0.2, -0.15) is 0 Å². The Kier molecular flexibility index (Phi) is 6.46. The molecule has 3 aromatic rings. The highest BCUT2D eigenvalue weighted by Crippen LogP contribution is 2.31. The summed E-state index contributed by atoms with van der Waals surface area (Å²) in [5.74, 6) is -0.390. The van der Waals surface area contributed by atoms with Gasteiger partial charge in [-0.25, -0.2) is 4.98 Å². The zero-order valence-corrected chi connectivity index (χ0v) is 20.2. The molecule has 0 unspecified atom stereocenters. The van der Waals surface area contributed by atoms with Gasteiger partial charge in [0.05, 0.1) is 34.9 Å². The van der Waals surface area contributed by atoms with E-state index in [0.29, 0.717) is 37.3 Å². The van der Waals surface area contributed by atoms with Gasteiger partial charge in [0, 0.05) is 55.3 Å². The number of carbonyl (C=O) groups excluding carboxylic acids is 2. The lowest BCUT2D eigenvalue weighted by atomic mass is 9.92. The van der Waals surface area contributed by atoms with E-state index >= 15 is 0 Å². The summed E-state index contributed by atoms with van der Waals surface area (Å²) in [5, 5.41) is 13.9. The van der Waals surface area contributed by atoms with E-state index in [9.17, 15) is 14.7 Å². The van der Waals surface area contributed by atoms with E-state index in [0.717, 1.165) is 29.6 Å². The number of nitrogens with zero attached hydrogens (tertiary/aromatic N) is 4. The molecule has 6 N–H and O–H groups in total. The van der Waals surface area contributed by atoms with Crippen LogP contribution in [0.5, 0.6) is 0 Å². The van der Waals surface area contributed by atoms with Crippen LogP contribution in [0, 0.1) is 5.92 Å². The van der Waals surface area contributed by atoms with Crippen molar-refractivity contribution in [3.8, 4) is 0 Å². The normalized spacial score (nSPS) is 22.6. The second kappa shape index (κ2) is 9.71. The highest BCUT2D eigenvalue weighted by atomic mass is 16.3. The van der Waals surface area contributed by atoms with Gasteiger partial charge in [0.2, 0.25) is 5.91 Å². The Bertz CT molecular complexity index is 1300. The van der Waals surface area contributed by atoms with Gasteiger partial charge < -0.3 is 31.7 Å². The first-order valence-corrected chi connectivity index (χ1v) is 12.3. The maximum Gasteiger partial charge on any atom is 0.276 e. The van der Waals surface area contributed by atoms with Crippen LogP contribution in [0.2, 0.25) is 0 Å². The summed E-state index contributed by atoms with van der Waals surface area (Å²) >= 11 is 0. The van der Waals surface area contributed by atoms with Crippen molar-refractivity contribution in [2.24, 2.45) is 11.7 Å². The number of rotatable bonds is 4. The first kappa shape index (κ1) is 24.0. The molecular weight excluding hydrogens is 458 g/mol. The molecule has 2 aliphatic rings. The van der Waals surface area contributed by atoms with E-state index in [-0.39, 0.29) is 23.2 Å². The molecule has 36 heavy (non-hydrogen) atoms. The Labute approximate surface area is 209 Å². The summed E-state index contributed by atoms with van der Waals surface area (Å²) in [6.07, 6.45) is 5.05. The van der Waals surface area contributed by atoms with Gasteiger partial charge >= 0.3 is 0 Å². The largest absolute Gasteiger partial charge is 0.397 e. The third-order valence-electron chi connectivity index (χ3n) is 7.03. The van der Waals surface area contributed by atoms with E-state index in [4.69, 9.17) is 11.5 Å². The number of pyridine rings is 2. The number of nitrogens with one attached hydrogen (secondary N) is 1. The molecule has 4 heterocycles. The fourth-order valence-electron chi connectivity index (χ4n) is 5.05. The van der Waals surface area contributed by atoms with Crippen LogP contribution in [-0.2, 0) is 4.79 Å². The minimum atomic E-state index is -0.576. The quantitative estimate of drug-likeness (QED) is 0.435. The summed E-state index contributed by atoms with van der Waals surface area (Å²) in [4.78, 5) is 38.2. The summed E-state index contributed by atoms with van der Waals surface area (Å²) in [6.45, 7) is 3.66. The number of hydrogen-bond donors (Lipinski definition) is 4. The van der Waals surface area contributed by atoms with E-state index in [1.165, 1.54) is 0 Å². The van der Waals surface area contributed by atoms with Crippen molar-refractivity contribution in [2.75, 3.05) is 40.5 Å². The number of amides is 2. The highest BCUT2D eigenvalue weighted by molar-refractivity contribution is 6.09.